The van der Waals surface area contributed by atoms with Gasteiger partial charge in [-0.1, -0.05) is 30.3 Å². The summed E-state index contributed by atoms with van der Waals surface area (Å²) >= 11 is 0. The minimum Gasteiger partial charge on any atom is -0.497 e. The summed E-state index contributed by atoms with van der Waals surface area (Å²) in [5.41, 5.74) is 12.4. The molecule has 11 heteroatoms. The van der Waals surface area contributed by atoms with Crippen LogP contribution in [0.3, 0.4) is 0 Å². The molecule has 52 heavy (non-hydrogen) atoms. The Morgan fingerprint density at radius 3 is 1.90 bits per heavy atom. The zero-order chi connectivity index (χ0) is 37.6. The van der Waals surface area contributed by atoms with Crippen LogP contribution in [0.5, 0.6) is 23.0 Å². The van der Waals surface area contributed by atoms with Gasteiger partial charge in [-0.25, -0.2) is 4.79 Å². The van der Waals surface area contributed by atoms with Gasteiger partial charge in [0.2, 0.25) is 0 Å². The number of benzene rings is 4. The minimum absolute atomic E-state index is 0.0175. The minimum atomic E-state index is -0.370. The predicted octanol–water partition coefficient (Wildman–Crippen LogP) is 5.50. The zero-order valence-corrected chi connectivity index (χ0v) is 31.1. The normalized spacial score (nSPS) is 12.2. The number of ether oxygens (including phenoxy) is 5. The molecule has 11 nitrogen and oxygen atoms in total. The molecule has 2 aliphatic rings. The number of hydrogen-bond donors (Lipinski definition) is 4. The van der Waals surface area contributed by atoms with E-state index in [1.807, 2.05) is 66.7 Å². The lowest BCUT2D eigenvalue weighted by atomic mass is 10.0. The molecule has 0 radical (unpaired) electrons. The summed E-state index contributed by atoms with van der Waals surface area (Å²) in [7, 11) is 6.64. The maximum Gasteiger partial charge on any atom is 0.407 e. The van der Waals surface area contributed by atoms with Gasteiger partial charge in [0.25, 0.3) is 5.91 Å². The van der Waals surface area contributed by atoms with E-state index < -0.39 is 0 Å². The smallest absolute Gasteiger partial charge is 0.407 e. The first-order valence-electron chi connectivity index (χ1n) is 17.5. The van der Waals surface area contributed by atoms with Crippen molar-refractivity contribution in [2.45, 2.75) is 39.2 Å². The summed E-state index contributed by atoms with van der Waals surface area (Å²) in [5.74, 6) is 3.53. The Kier molecular flexibility index (Phi) is 18.4. The van der Waals surface area contributed by atoms with Crippen LogP contribution in [0.4, 0.5) is 4.79 Å². The van der Waals surface area contributed by atoms with Gasteiger partial charge >= 0.3 is 6.09 Å². The van der Waals surface area contributed by atoms with E-state index in [1.165, 1.54) is 16.7 Å². The highest BCUT2D eigenvalue weighted by molar-refractivity contribution is 5.96. The van der Waals surface area contributed by atoms with Gasteiger partial charge in [-0.05, 0) is 128 Å². The molecule has 4 aromatic rings. The second-order valence-corrected chi connectivity index (χ2v) is 11.7. The molecule has 0 fully saturated rings. The lowest BCUT2D eigenvalue weighted by Gasteiger charge is -2.17. The third-order valence-corrected chi connectivity index (χ3v) is 8.20. The van der Waals surface area contributed by atoms with Crippen molar-refractivity contribution in [2.75, 3.05) is 61.2 Å². The van der Waals surface area contributed by atoms with Crippen molar-refractivity contribution in [3.63, 3.8) is 0 Å². The number of fused-ring (bicyclic) bond motifs is 2. The summed E-state index contributed by atoms with van der Waals surface area (Å²) in [5, 5.41) is 8.80. The van der Waals surface area contributed by atoms with Crippen molar-refractivity contribution in [1.82, 2.24) is 16.0 Å². The van der Waals surface area contributed by atoms with E-state index in [0.29, 0.717) is 19.7 Å². The highest BCUT2D eigenvalue weighted by Crippen LogP contribution is 2.21. The van der Waals surface area contributed by atoms with Crippen LogP contribution in [0, 0.1) is 0 Å². The fourth-order valence-electron chi connectivity index (χ4n) is 5.43. The van der Waals surface area contributed by atoms with Crippen molar-refractivity contribution in [2.24, 2.45) is 5.73 Å². The topological polar surface area (TPSA) is 142 Å². The van der Waals surface area contributed by atoms with E-state index in [2.05, 4.69) is 34.1 Å². The average Bonchev–Trinajstić information content (AvgIpc) is 3.19. The number of carbonyl (C=O) groups is 2. The van der Waals surface area contributed by atoms with Gasteiger partial charge in [0.05, 0.1) is 35.0 Å². The molecule has 0 saturated carbocycles. The van der Waals surface area contributed by atoms with Crippen molar-refractivity contribution in [3.05, 3.63) is 118 Å². The first kappa shape index (κ1) is 41.2. The summed E-state index contributed by atoms with van der Waals surface area (Å²) in [6.07, 6.45) is 3.31. The van der Waals surface area contributed by atoms with Crippen LogP contribution < -0.4 is 40.6 Å². The monoisotopic (exact) mass is 714 g/mol. The van der Waals surface area contributed by atoms with Gasteiger partial charge < -0.3 is 45.4 Å². The number of nitrogens with two attached hydrogens (primary N) is 1. The number of methoxy groups -OCH3 is 4. The van der Waals surface area contributed by atoms with Crippen molar-refractivity contribution in [1.29, 1.82) is 0 Å². The molecule has 0 saturated heterocycles. The van der Waals surface area contributed by atoms with Gasteiger partial charge in [-0.2, -0.15) is 0 Å². The maximum absolute atomic E-state index is 11.3. The molecule has 0 atom stereocenters. The molecule has 0 spiro atoms. The van der Waals surface area contributed by atoms with Crippen LogP contribution in [-0.2, 0) is 37.0 Å². The lowest BCUT2D eigenvalue weighted by molar-refractivity contribution is 0.0945. The summed E-state index contributed by atoms with van der Waals surface area (Å²) < 4.78 is 25.2. The molecular formula is C41H54N4O7. The molecule has 2 heterocycles. The number of amides is 2. The van der Waals surface area contributed by atoms with Crippen LogP contribution >= 0.6 is 0 Å². The Labute approximate surface area is 308 Å². The van der Waals surface area contributed by atoms with Crippen LogP contribution in [0.1, 0.15) is 45.1 Å². The molecule has 4 aromatic carbocycles. The Balaban J connectivity index is 0.000000189. The molecule has 0 aromatic heterocycles. The van der Waals surface area contributed by atoms with Crippen molar-refractivity contribution < 1.29 is 33.3 Å². The first-order valence-corrected chi connectivity index (χ1v) is 17.5. The highest BCUT2D eigenvalue weighted by Gasteiger charge is 2.16. The Hall–Kier alpha value is -5.26. The van der Waals surface area contributed by atoms with Gasteiger partial charge in [0.1, 0.15) is 23.0 Å². The number of rotatable bonds is 10. The molecule has 280 valence electrons. The van der Waals surface area contributed by atoms with E-state index >= 15 is 0 Å². The van der Waals surface area contributed by atoms with Crippen LogP contribution in [0.15, 0.2) is 84.9 Å². The van der Waals surface area contributed by atoms with E-state index in [4.69, 9.17) is 29.4 Å². The summed E-state index contributed by atoms with van der Waals surface area (Å²) in [4.78, 5) is 22.3. The maximum atomic E-state index is 11.3. The molecule has 6 rings (SSSR count). The Bertz CT molecular complexity index is 1680. The van der Waals surface area contributed by atoms with E-state index in [9.17, 15) is 9.59 Å². The van der Waals surface area contributed by atoms with Crippen molar-refractivity contribution in [3.8, 4) is 23.0 Å². The standard InChI is InChI=1S/C12H17NO3.C10H11NO2.C10H13NO.C9H13NO/c1-3-16-12(14)13-8-7-10-5-4-6-11(9-10)15-2;1-13-8-2-3-9-7(6-8)4-5-11-10(9)12;1-12-10-3-2-9-7-11-5-4-8(9)6-10;1-11-9-4-2-3-8(7-9)5-6-10/h4-6,9H,3,7-8H2,1-2H3,(H,13,14);2-3,6H,4-5H2,1H3,(H,11,12);2-3,6,11H,4-5,7H2,1H3;2-4,7H,5-6,10H2,1H3. The third kappa shape index (κ3) is 14.2. The fourth-order valence-corrected chi connectivity index (χ4v) is 5.43. The molecule has 2 aliphatic heterocycles. The largest absolute Gasteiger partial charge is 0.497 e. The van der Waals surface area contributed by atoms with Gasteiger partial charge in [-0.15, -0.1) is 0 Å². The number of hydrogen-bond acceptors (Lipinski definition) is 9. The zero-order valence-electron chi connectivity index (χ0n) is 31.1. The van der Waals surface area contributed by atoms with E-state index in [0.717, 1.165) is 85.0 Å². The van der Waals surface area contributed by atoms with Gasteiger partial charge in [-0.3, -0.25) is 4.79 Å². The Morgan fingerprint density at radius 2 is 1.29 bits per heavy atom. The molecule has 5 N–H and O–H groups in total. The van der Waals surface area contributed by atoms with Crippen LogP contribution in [0.25, 0.3) is 0 Å². The molecule has 2 amide bonds. The predicted molar refractivity (Wildman–Crippen MR) is 205 cm³/mol. The summed E-state index contributed by atoms with van der Waals surface area (Å²) in [6, 6.07) is 27.6. The fraction of sp³-hybridized carbons (Fsp3) is 0.366. The second kappa shape index (κ2) is 23.3. The highest BCUT2D eigenvalue weighted by atomic mass is 16.5. The Morgan fingerprint density at radius 1 is 0.712 bits per heavy atom. The van der Waals surface area contributed by atoms with E-state index in [-0.39, 0.29) is 12.0 Å². The SMILES string of the molecule is CCOC(=O)NCCc1cccc(OC)c1.COc1ccc2c(c1)CCNC2.COc1ccc2c(c1)CCNC2=O.COc1cccc(CCN)c1. The second-order valence-electron chi connectivity index (χ2n) is 11.7. The third-order valence-electron chi connectivity index (χ3n) is 8.20. The summed E-state index contributed by atoms with van der Waals surface area (Å²) in [6.45, 7) is 6.23. The first-order chi connectivity index (χ1) is 25.3. The number of alkyl carbamates (subject to hydrolysis) is 1. The lowest BCUT2D eigenvalue weighted by Crippen LogP contribution is -2.31. The van der Waals surface area contributed by atoms with E-state index in [1.54, 1.807) is 35.4 Å². The number of carbonyl (C=O) groups excluding carboxylic acids is 2. The molecule has 0 unspecified atom stereocenters. The van der Waals surface area contributed by atoms with Crippen molar-refractivity contribution >= 4 is 12.0 Å². The molecule has 0 bridgehead atoms. The van der Waals surface area contributed by atoms with Gasteiger partial charge in [0.15, 0.2) is 0 Å². The molecule has 0 aliphatic carbocycles. The van der Waals surface area contributed by atoms with Gasteiger partial charge in [0, 0.05) is 25.2 Å². The van der Waals surface area contributed by atoms with Crippen LogP contribution in [0.2, 0.25) is 0 Å². The number of nitrogens with one attached hydrogen (secondary N) is 3. The quantitative estimate of drug-likeness (QED) is 0.168. The molecular weight excluding hydrogens is 660 g/mol. The van der Waals surface area contributed by atoms with Crippen LogP contribution in [-0.4, -0.2) is 73.2 Å². The average molecular weight is 715 g/mol.